The first-order chi connectivity index (χ1) is 18.0. The van der Waals surface area contributed by atoms with E-state index in [4.69, 9.17) is 4.43 Å². The van der Waals surface area contributed by atoms with E-state index >= 15 is 0 Å². The summed E-state index contributed by atoms with van der Waals surface area (Å²) in [5.41, 5.74) is 4.89. The van der Waals surface area contributed by atoms with Gasteiger partial charge in [0, 0.05) is 37.3 Å². The fraction of sp³-hybridized carbons (Fsp3) is 0.419. The number of benzene rings is 1. The highest BCUT2D eigenvalue weighted by atomic mass is 32.2. The van der Waals surface area contributed by atoms with Crippen molar-refractivity contribution in [2.45, 2.75) is 63.2 Å². The molecule has 2 aliphatic carbocycles. The minimum Gasteiger partial charge on any atom is -0.416 e. The number of allylic oxidation sites excluding steroid dienone is 2. The molecule has 0 amide bonds. The molecular formula is C31H39N2O3SSi+. The lowest BCUT2D eigenvalue weighted by Gasteiger charge is -2.42. The number of hydrogen-bond acceptors (Lipinski definition) is 4. The van der Waals surface area contributed by atoms with E-state index in [1.807, 2.05) is 24.3 Å². The summed E-state index contributed by atoms with van der Waals surface area (Å²) in [6.07, 6.45) is 16.4. The number of fused-ring (bicyclic) bond motifs is 5. The Hall–Kier alpha value is -2.54. The van der Waals surface area contributed by atoms with Crippen LogP contribution in [0.5, 0.6) is 0 Å². The maximum absolute atomic E-state index is 14.0. The number of aromatic nitrogens is 1. The van der Waals surface area contributed by atoms with Crippen molar-refractivity contribution in [1.29, 1.82) is 0 Å². The van der Waals surface area contributed by atoms with Crippen molar-refractivity contribution in [3.63, 3.8) is 0 Å². The van der Waals surface area contributed by atoms with Gasteiger partial charge >= 0.3 is 0 Å². The molecule has 3 aliphatic rings. The second-order valence-corrected chi connectivity index (χ2v) is 18.6. The maximum atomic E-state index is 14.0. The lowest BCUT2D eigenvalue weighted by Crippen LogP contribution is -2.45. The van der Waals surface area contributed by atoms with Crippen LogP contribution in [0.2, 0.25) is 18.1 Å². The third-order valence-corrected chi connectivity index (χ3v) is 14.9. The molecule has 5 nitrogen and oxygen atoms in total. The largest absolute Gasteiger partial charge is 0.416 e. The summed E-state index contributed by atoms with van der Waals surface area (Å²) in [5.74, 6) is 0.182. The summed E-state index contributed by atoms with van der Waals surface area (Å²) >= 11 is 0. The molecule has 2 aromatic rings. The van der Waals surface area contributed by atoms with Gasteiger partial charge in [0.2, 0.25) is 0 Å². The summed E-state index contributed by atoms with van der Waals surface area (Å²) in [4.78, 5) is 2.80. The molecule has 1 aliphatic heterocycles. The Kier molecular flexibility index (Phi) is 7.04. The first kappa shape index (κ1) is 27.0. The van der Waals surface area contributed by atoms with Crippen LogP contribution in [0.15, 0.2) is 59.0 Å². The molecule has 38 heavy (non-hydrogen) atoms. The molecule has 0 bridgehead atoms. The van der Waals surface area contributed by atoms with Crippen molar-refractivity contribution >= 4 is 36.6 Å². The van der Waals surface area contributed by atoms with Crippen LogP contribution >= 0.6 is 0 Å². The number of hydrogen-bond donors (Lipinski definition) is 0. The smallest absolute Gasteiger partial charge is 0.279 e. The molecule has 2 atom stereocenters. The molecule has 0 N–H and O–H groups in total. The summed E-state index contributed by atoms with van der Waals surface area (Å²) in [5, 5.41) is 0.155. The summed E-state index contributed by atoms with van der Waals surface area (Å²) in [7, 11) is -5.67. The minimum absolute atomic E-state index is 0.0467. The van der Waals surface area contributed by atoms with Crippen molar-refractivity contribution in [3.8, 4) is 0 Å². The standard InChI is InChI=1S/C31H39N2O3SSi/c1-7-23-21-24-17-18-28-29(30(24)32(22-23)19-20-36-38(5,6)31(2,3)4)26-15-11-12-16-27(26)33(28)37(34,35)25-13-9-8-10-14-25/h8-11,13-18,21,24,30H,7,19-20,22H2,1-6H3/q+1/t24-,30-/m1/s1. The molecule has 200 valence electrons. The molecule has 7 heteroatoms. The SMILES string of the molecule is CCC1=C[C@H]2C=Cc3c(c4c(n3S(=O)(=O)c3ccccc3)C=[C+]C=C4)[C@@H]2N(CCO[Si](C)(C)C(C)(C)C)C1. The van der Waals surface area contributed by atoms with Crippen LogP contribution in [0.25, 0.3) is 18.2 Å². The van der Waals surface area contributed by atoms with Gasteiger partial charge in [0.1, 0.15) is 17.7 Å². The third-order valence-electron chi connectivity index (χ3n) is 8.59. The lowest BCUT2D eigenvalue weighted by atomic mass is 9.80. The van der Waals surface area contributed by atoms with Crippen molar-refractivity contribution in [3.05, 3.63) is 82.7 Å². The highest BCUT2D eigenvalue weighted by molar-refractivity contribution is 7.90. The van der Waals surface area contributed by atoms with Gasteiger partial charge in [-0.1, -0.05) is 63.6 Å². The van der Waals surface area contributed by atoms with E-state index in [9.17, 15) is 8.42 Å². The monoisotopic (exact) mass is 547 g/mol. The van der Waals surface area contributed by atoms with Crippen LogP contribution < -0.4 is 0 Å². The zero-order chi connectivity index (χ0) is 27.3. The Bertz CT molecular complexity index is 1440. The van der Waals surface area contributed by atoms with Crippen molar-refractivity contribution < 1.29 is 12.8 Å². The normalized spacial score (nSPS) is 20.9. The van der Waals surface area contributed by atoms with E-state index < -0.39 is 18.3 Å². The van der Waals surface area contributed by atoms with Gasteiger partial charge in [-0.05, 0) is 42.8 Å². The van der Waals surface area contributed by atoms with Gasteiger partial charge in [0.05, 0.1) is 22.7 Å². The van der Waals surface area contributed by atoms with E-state index in [0.29, 0.717) is 12.3 Å². The molecule has 0 radical (unpaired) electrons. The molecule has 0 saturated carbocycles. The lowest BCUT2D eigenvalue weighted by molar-refractivity contribution is 0.137. The molecule has 2 heterocycles. The van der Waals surface area contributed by atoms with Crippen molar-refractivity contribution in [2.24, 2.45) is 5.92 Å². The number of nitrogens with zero attached hydrogens (tertiary/aromatic N) is 2. The highest BCUT2D eigenvalue weighted by Crippen LogP contribution is 2.47. The van der Waals surface area contributed by atoms with Gasteiger partial charge in [-0.3, -0.25) is 4.90 Å². The predicted molar refractivity (Wildman–Crippen MR) is 159 cm³/mol. The average molecular weight is 548 g/mol. The van der Waals surface area contributed by atoms with E-state index in [1.165, 1.54) is 9.55 Å². The second-order valence-electron chi connectivity index (χ2n) is 12.0. The van der Waals surface area contributed by atoms with E-state index in [0.717, 1.165) is 36.3 Å². The van der Waals surface area contributed by atoms with Gasteiger partial charge in [-0.25, -0.2) is 0 Å². The average Bonchev–Trinajstić information content (AvgIpc) is 3.23. The molecule has 5 rings (SSSR count). The summed E-state index contributed by atoms with van der Waals surface area (Å²) in [6, 6.07) is 8.75. The van der Waals surface area contributed by atoms with Gasteiger partial charge in [-0.2, -0.15) is 12.4 Å². The van der Waals surface area contributed by atoms with Gasteiger partial charge < -0.3 is 4.43 Å². The van der Waals surface area contributed by atoms with Crippen LogP contribution in [-0.4, -0.2) is 45.3 Å². The molecular weight excluding hydrogens is 509 g/mol. The van der Waals surface area contributed by atoms with Crippen LogP contribution in [0, 0.1) is 12.0 Å². The molecule has 0 unspecified atom stereocenters. The molecule has 1 aromatic heterocycles. The van der Waals surface area contributed by atoms with Gasteiger partial charge in [0.25, 0.3) is 10.0 Å². The fourth-order valence-electron chi connectivity index (χ4n) is 5.46. The Morgan fingerprint density at radius 1 is 1.11 bits per heavy atom. The maximum Gasteiger partial charge on any atom is 0.279 e. The van der Waals surface area contributed by atoms with Crippen molar-refractivity contribution in [1.82, 2.24) is 8.87 Å². The van der Waals surface area contributed by atoms with Gasteiger partial charge in [-0.15, -0.1) is 0 Å². The fourth-order valence-corrected chi connectivity index (χ4v) is 8.03. The van der Waals surface area contributed by atoms with Gasteiger partial charge in [0.15, 0.2) is 14.0 Å². The van der Waals surface area contributed by atoms with Crippen LogP contribution in [-0.2, 0) is 14.4 Å². The number of rotatable bonds is 7. The third kappa shape index (κ3) is 4.61. The first-order valence-corrected chi connectivity index (χ1v) is 17.9. The predicted octanol–water partition coefficient (Wildman–Crippen LogP) is 6.93. The molecule has 0 fully saturated rings. The van der Waals surface area contributed by atoms with Crippen LogP contribution in [0.3, 0.4) is 0 Å². The topological polar surface area (TPSA) is 51.5 Å². The van der Waals surface area contributed by atoms with Crippen molar-refractivity contribution in [2.75, 3.05) is 19.7 Å². The Balaban J connectivity index is 1.59. The quantitative estimate of drug-likeness (QED) is 0.214. The molecule has 0 saturated heterocycles. The summed E-state index contributed by atoms with van der Waals surface area (Å²) < 4.78 is 36.1. The molecule has 1 aromatic carbocycles. The summed E-state index contributed by atoms with van der Waals surface area (Å²) in [6.45, 7) is 15.9. The second kappa shape index (κ2) is 9.89. The van der Waals surface area contributed by atoms with Crippen LogP contribution in [0.1, 0.15) is 62.7 Å². The zero-order valence-corrected chi connectivity index (χ0v) is 25.2. The van der Waals surface area contributed by atoms with E-state index in [1.54, 1.807) is 30.3 Å². The Morgan fingerprint density at radius 2 is 1.84 bits per heavy atom. The zero-order valence-electron chi connectivity index (χ0n) is 23.4. The van der Waals surface area contributed by atoms with E-state index in [2.05, 4.69) is 63.9 Å². The molecule has 0 spiro atoms. The Morgan fingerprint density at radius 3 is 2.53 bits per heavy atom. The first-order valence-electron chi connectivity index (χ1n) is 13.6. The van der Waals surface area contributed by atoms with E-state index in [-0.39, 0.29) is 21.9 Å². The minimum atomic E-state index is -3.79. The van der Waals surface area contributed by atoms with Crippen LogP contribution in [0.4, 0.5) is 0 Å². The highest BCUT2D eigenvalue weighted by Gasteiger charge is 2.44. The Labute approximate surface area is 229 Å².